The highest BCUT2D eigenvalue weighted by molar-refractivity contribution is 9.10. The minimum Gasteiger partial charge on any atom is -0.477 e. The molecule has 0 unspecified atom stereocenters. The van der Waals surface area contributed by atoms with Gasteiger partial charge in [-0.15, -0.1) is 0 Å². The van der Waals surface area contributed by atoms with Gasteiger partial charge in [0.25, 0.3) is 0 Å². The van der Waals surface area contributed by atoms with Crippen molar-refractivity contribution in [2.75, 3.05) is 6.61 Å². The van der Waals surface area contributed by atoms with E-state index < -0.39 is 0 Å². The van der Waals surface area contributed by atoms with Gasteiger partial charge in [0.05, 0.1) is 17.1 Å². The smallest absolute Gasteiger partial charge is 0.228 e. The quantitative estimate of drug-likeness (QED) is 0.779. The van der Waals surface area contributed by atoms with E-state index in [1.54, 1.807) is 18.2 Å². The van der Waals surface area contributed by atoms with Crippen LogP contribution >= 0.6 is 15.9 Å². The van der Waals surface area contributed by atoms with Crippen LogP contribution in [-0.2, 0) is 0 Å². The summed E-state index contributed by atoms with van der Waals surface area (Å²) in [5, 5.41) is 8.42. The average molecular weight is 283 g/mol. The summed E-state index contributed by atoms with van der Waals surface area (Å²) in [5.74, 6) is 0.0991. The van der Waals surface area contributed by atoms with Crippen molar-refractivity contribution >= 4 is 21.7 Å². The maximum absolute atomic E-state index is 11.4. The number of nitrogens with zero attached hydrogens (tertiary/aromatic N) is 2. The summed E-state index contributed by atoms with van der Waals surface area (Å²) in [4.78, 5) is 15.5. The standard InChI is InChI=1S/C11H11BrN2O2/c1-2-7-16-11-8(12)3-4-9(14-11)10(15)5-6-13/h3-4H,2,5,7H2,1H3. The molecule has 1 aromatic heterocycles. The second kappa shape index (κ2) is 6.23. The number of ether oxygens (including phenoxy) is 1. The number of Topliss-reactive ketones (excluding diaryl/α,β-unsaturated/α-hetero) is 1. The van der Waals surface area contributed by atoms with Crippen LogP contribution in [0.2, 0.25) is 0 Å². The first kappa shape index (κ1) is 12.7. The van der Waals surface area contributed by atoms with Crippen molar-refractivity contribution in [3.05, 3.63) is 22.3 Å². The number of halogens is 1. The molecule has 0 aliphatic carbocycles. The van der Waals surface area contributed by atoms with Crippen molar-refractivity contribution < 1.29 is 9.53 Å². The van der Waals surface area contributed by atoms with E-state index in [0.717, 1.165) is 6.42 Å². The first-order valence-corrected chi connectivity index (χ1v) is 5.67. The maximum Gasteiger partial charge on any atom is 0.228 e. The molecule has 0 saturated carbocycles. The average Bonchev–Trinajstić information content (AvgIpc) is 2.28. The first-order valence-electron chi connectivity index (χ1n) is 4.88. The van der Waals surface area contributed by atoms with Crippen LogP contribution in [0.5, 0.6) is 5.88 Å². The number of hydrogen-bond acceptors (Lipinski definition) is 4. The second-order valence-corrected chi connectivity index (χ2v) is 3.94. The molecule has 16 heavy (non-hydrogen) atoms. The molecule has 0 aliphatic rings. The third-order valence-corrected chi connectivity index (χ3v) is 2.39. The van der Waals surface area contributed by atoms with E-state index in [-0.39, 0.29) is 17.9 Å². The number of aromatic nitrogens is 1. The topological polar surface area (TPSA) is 63.0 Å². The van der Waals surface area contributed by atoms with E-state index in [1.165, 1.54) is 0 Å². The molecule has 0 radical (unpaired) electrons. The van der Waals surface area contributed by atoms with Crippen molar-refractivity contribution in [2.45, 2.75) is 19.8 Å². The highest BCUT2D eigenvalue weighted by Crippen LogP contribution is 2.23. The number of nitriles is 1. The Hall–Kier alpha value is -1.41. The summed E-state index contributed by atoms with van der Waals surface area (Å²) in [7, 11) is 0. The molecule has 0 aromatic carbocycles. The Kier molecular flexibility index (Phi) is 4.93. The summed E-state index contributed by atoms with van der Waals surface area (Å²) >= 11 is 3.28. The van der Waals surface area contributed by atoms with Gasteiger partial charge in [0, 0.05) is 0 Å². The van der Waals surface area contributed by atoms with E-state index in [9.17, 15) is 4.79 Å². The fourth-order valence-electron chi connectivity index (χ4n) is 1.04. The number of ketones is 1. The number of carbonyl (C=O) groups is 1. The van der Waals surface area contributed by atoms with Crippen LogP contribution in [0.1, 0.15) is 30.3 Å². The van der Waals surface area contributed by atoms with E-state index >= 15 is 0 Å². The van der Waals surface area contributed by atoms with E-state index in [0.29, 0.717) is 17.0 Å². The number of pyridine rings is 1. The zero-order valence-corrected chi connectivity index (χ0v) is 10.5. The Morgan fingerprint density at radius 1 is 1.62 bits per heavy atom. The minimum atomic E-state index is -0.295. The second-order valence-electron chi connectivity index (χ2n) is 3.09. The molecule has 0 N–H and O–H groups in total. The van der Waals surface area contributed by atoms with Crippen molar-refractivity contribution in [3.8, 4) is 11.9 Å². The predicted octanol–water partition coefficient (Wildman–Crippen LogP) is 2.73. The molecular formula is C11H11BrN2O2. The lowest BCUT2D eigenvalue weighted by atomic mass is 10.2. The van der Waals surface area contributed by atoms with Gasteiger partial charge in [-0.3, -0.25) is 4.79 Å². The van der Waals surface area contributed by atoms with Crippen LogP contribution in [0, 0.1) is 11.3 Å². The van der Waals surface area contributed by atoms with Gasteiger partial charge in [0.1, 0.15) is 12.1 Å². The molecule has 5 heteroatoms. The van der Waals surface area contributed by atoms with E-state index in [1.807, 2.05) is 6.92 Å². The van der Waals surface area contributed by atoms with Crippen LogP contribution in [0.25, 0.3) is 0 Å². The van der Waals surface area contributed by atoms with Crippen LogP contribution in [0.4, 0.5) is 0 Å². The highest BCUT2D eigenvalue weighted by Gasteiger charge is 2.10. The molecular weight excluding hydrogens is 272 g/mol. The van der Waals surface area contributed by atoms with Gasteiger partial charge in [-0.2, -0.15) is 5.26 Å². The van der Waals surface area contributed by atoms with Crippen LogP contribution in [0.3, 0.4) is 0 Å². The monoisotopic (exact) mass is 282 g/mol. The van der Waals surface area contributed by atoms with E-state index in [2.05, 4.69) is 20.9 Å². The lowest BCUT2D eigenvalue weighted by molar-refractivity contribution is 0.0992. The SMILES string of the molecule is CCCOc1nc(C(=O)CC#N)ccc1Br. The molecule has 0 spiro atoms. The highest BCUT2D eigenvalue weighted by atomic mass is 79.9. The van der Waals surface area contributed by atoms with Crippen molar-refractivity contribution in [3.63, 3.8) is 0 Å². The predicted molar refractivity (Wildman–Crippen MR) is 62.3 cm³/mol. The molecule has 0 amide bonds. The van der Waals surface area contributed by atoms with Gasteiger partial charge in [0.15, 0.2) is 5.78 Å². The Bertz CT molecular complexity index is 426. The Morgan fingerprint density at radius 3 is 3.00 bits per heavy atom. The Balaban J connectivity index is 2.89. The molecule has 0 atom stereocenters. The molecule has 1 rings (SSSR count). The van der Waals surface area contributed by atoms with Crippen molar-refractivity contribution in [1.29, 1.82) is 5.26 Å². The molecule has 84 valence electrons. The van der Waals surface area contributed by atoms with Gasteiger partial charge in [-0.1, -0.05) is 6.92 Å². The van der Waals surface area contributed by atoms with Gasteiger partial charge in [-0.25, -0.2) is 4.98 Å². The van der Waals surface area contributed by atoms with Gasteiger partial charge in [0.2, 0.25) is 5.88 Å². The van der Waals surface area contributed by atoms with Crippen molar-refractivity contribution in [1.82, 2.24) is 4.98 Å². The van der Waals surface area contributed by atoms with Gasteiger partial charge < -0.3 is 4.74 Å². The maximum atomic E-state index is 11.4. The molecule has 0 bridgehead atoms. The summed E-state index contributed by atoms with van der Waals surface area (Å²) in [6, 6.07) is 5.07. The lowest BCUT2D eigenvalue weighted by Crippen LogP contribution is -2.04. The molecule has 0 saturated heterocycles. The summed E-state index contributed by atoms with van der Waals surface area (Å²) in [6.45, 7) is 2.53. The fourth-order valence-corrected chi connectivity index (χ4v) is 1.38. The minimum absolute atomic E-state index is 0.165. The summed E-state index contributed by atoms with van der Waals surface area (Å²) < 4.78 is 6.06. The summed E-state index contributed by atoms with van der Waals surface area (Å²) in [5.41, 5.74) is 0.260. The molecule has 1 heterocycles. The molecule has 4 nitrogen and oxygen atoms in total. The van der Waals surface area contributed by atoms with E-state index in [4.69, 9.17) is 10.00 Å². The largest absolute Gasteiger partial charge is 0.477 e. The van der Waals surface area contributed by atoms with Crippen molar-refractivity contribution in [2.24, 2.45) is 0 Å². The normalized spacial score (nSPS) is 9.56. The molecule has 0 aliphatic heterocycles. The lowest BCUT2D eigenvalue weighted by Gasteiger charge is -2.06. The Morgan fingerprint density at radius 2 is 2.38 bits per heavy atom. The molecule has 0 fully saturated rings. The third kappa shape index (κ3) is 3.31. The number of rotatable bonds is 5. The Labute approximate surface area is 102 Å². The van der Waals surface area contributed by atoms with Gasteiger partial charge in [-0.05, 0) is 34.5 Å². The zero-order chi connectivity index (χ0) is 12.0. The molecule has 1 aromatic rings. The number of hydrogen-bond donors (Lipinski definition) is 0. The number of carbonyl (C=O) groups excluding carboxylic acids is 1. The summed E-state index contributed by atoms with van der Waals surface area (Å²) in [6.07, 6.45) is 0.701. The van der Waals surface area contributed by atoms with Crippen LogP contribution < -0.4 is 4.74 Å². The zero-order valence-electron chi connectivity index (χ0n) is 8.86. The third-order valence-electron chi connectivity index (χ3n) is 1.78. The van der Waals surface area contributed by atoms with Gasteiger partial charge >= 0.3 is 0 Å². The fraction of sp³-hybridized carbons (Fsp3) is 0.364. The first-order chi connectivity index (χ1) is 7.69. The van der Waals surface area contributed by atoms with Crippen LogP contribution in [0.15, 0.2) is 16.6 Å². The van der Waals surface area contributed by atoms with Crippen LogP contribution in [-0.4, -0.2) is 17.4 Å².